The SMILES string of the molecule is C=CC/C=C(/N=CC=O)C(C=CCC)/C=C\C. The monoisotopic (exact) mass is 231 g/mol. The van der Waals surface area contributed by atoms with Crippen LogP contribution in [0.15, 0.2) is 53.7 Å². The molecule has 0 aliphatic carbocycles. The number of aliphatic imine (C=N–C) groups is 1. The Balaban J connectivity index is 5.04. The van der Waals surface area contributed by atoms with Crippen LogP contribution in [0.25, 0.3) is 0 Å². The van der Waals surface area contributed by atoms with Crippen molar-refractivity contribution in [3.63, 3.8) is 0 Å². The van der Waals surface area contributed by atoms with Gasteiger partial charge in [-0.15, -0.1) is 6.58 Å². The normalized spacial score (nSPS) is 14.8. The van der Waals surface area contributed by atoms with Gasteiger partial charge in [0.25, 0.3) is 0 Å². The molecule has 0 aromatic rings. The van der Waals surface area contributed by atoms with Crippen molar-refractivity contribution in [2.45, 2.75) is 26.7 Å². The Hall–Kier alpha value is -1.70. The van der Waals surface area contributed by atoms with Crippen molar-refractivity contribution in [1.29, 1.82) is 0 Å². The molecule has 0 N–H and O–H groups in total. The number of allylic oxidation sites excluding steroid dienone is 5. The average molecular weight is 231 g/mol. The van der Waals surface area contributed by atoms with Crippen molar-refractivity contribution in [2.24, 2.45) is 10.9 Å². The van der Waals surface area contributed by atoms with Crippen molar-refractivity contribution >= 4 is 12.5 Å². The van der Waals surface area contributed by atoms with E-state index in [0.29, 0.717) is 6.29 Å². The first-order valence-electron chi connectivity index (χ1n) is 5.88. The van der Waals surface area contributed by atoms with Gasteiger partial charge in [0.05, 0.1) is 6.21 Å². The second kappa shape index (κ2) is 10.8. The van der Waals surface area contributed by atoms with Crippen LogP contribution in [0.1, 0.15) is 26.7 Å². The maximum atomic E-state index is 10.3. The third-order valence-corrected chi connectivity index (χ3v) is 2.10. The molecule has 0 aromatic heterocycles. The van der Waals surface area contributed by atoms with E-state index < -0.39 is 0 Å². The summed E-state index contributed by atoms with van der Waals surface area (Å²) in [6.07, 6.45) is 15.7. The first kappa shape index (κ1) is 15.3. The molecule has 1 unspecified atom stereocenters. The smallest absolute Gasteiger partial charge is 0.161 e. The average Bonchev–Trinajstić information content (AvgIpc) is 2.35. The minimum atomic E-state index is 0.121. The predicted molar refractivity (Wildman–Crippen MR) is 75.2 cm³/mol. The number of hydrogen-bond donors (Lipinski definition) is 0. The second-order valence-corrected chi connectivity index (χ2v) is 3.46. The topological polar surface area (TPSA) is 29.4 Å². The minimum absolute atomic E-state index is 0.121. The van der Waals surface area contributed by atoms with E-state index in [2.05, 4.69) is 36.7 Å². The lowest BCUT2D eigenvalue weighted by Crippen LogP contribution is -1.96. The van der Waals surface area contributed by atoms with Gasteiger partial charge < -0.3 is 0 Å². The van der Waals surface area contributed by atoms with Crippen LogP contribution in [-0.2, 0) is 4.79 Å². The number of aldehydes is 1. The first-order valence-corrected chi connectivity index (χ1v) is 5.88. The van der Waals surface area contributed by atoms with Crippen molar-refractivity contribution < 1.29 is 4.79 Å². The summed E-state index contributed by atoms with van der Waals surface area (Å²) in [5, 5.41) is 0. The molecule has 2 nitrogen and oxygen atoms in total. The number of carbonyl (C=O) groups is 1. The highest BCUT2D eigenvalue weighted by Crippen LogP contribution is 2.17. The van der Waals surface area contributed by atoms with Crippen molar-refractivity contribution in [3.8, 4) is 0 Å². The number of carbonyl (C=O) groups excluding carboxylic acids is 1. The molecule has 1 atom stereocenters. The number of rotatable bonds is 8. The molecule has 0 radical (unpaired) electrons. The van der Waals surface area contributed by atoms with E-state index >= 15 is 0 Å². The van der Waals surface area contributed by atoms with Crippen LogP contribution >= 0.6 is 0 Å². The highest BCUT2D eigenvalue weighted by Gasteiger charge is 2.05. The highest BCUT2D eigenvalue weighted by atomic mass is 16.1. The minimum Gasteiger partial charge on any atom is -0.297 e. The zero-order valence-corrected chi connectivity index (χ0v) is 10.7. The summed E-state index contributed by atoms with van der Waals surface area (Å²) in [5.74, 6) is 0.121. The molecule has 0 aliphatic heterocycles. The lowest BCUT2D eigenvalue weighted by atomic mass is 10.0. The molecule has 0 aliphatic rings. The summed E-state index contributed by atoms with van der Waals surface area (Å²) < 4.78 is 0. The summed E-state index contributed by atoms with van der Waals surface area (Å²) in [7, 11) is 0. The maximum absolute atomic E-state index is 10.3. The maximum Gasteiger partial charge on any atom is 0.161 e. The van der Waals surface area contributed by atoms with Gasteiger partial charge in [0.1, 0.15) is 0 Å². The Morgan fingerprint density at radius 2 is 2.18 bits per heavy atom. The Bertz CT molecular complexity index is 335. The fourth-order valence-electron chi connectivity index (χ4n) is 1.35. The highest BCUT2D eigenvalue weighted by molar-refractivity contribution is 6.13. The predicted octanol–water partition coefficient (Wildman–Crippen LogP) is 3.87. The van der Waals surface area contributed by atoms with E-state index in [4.69, 9.17) is 0 Å². The molecule has 0 fully saturated rings. The van der Waals surface area contributed by atoms with Gasteiger partial charge >= 0.3 is 0 Å². The van der Waals surface area contributed by atoms with Crippen LogP contribution in [0.4, 0.5) is 0 Å². The van der Waals surface area contributed by atoms with Crippen molar-refractivity contribution in [3.05, 3.63) is 48.7 Å². The molecular formula is C15H21NO. The molecule has 17 heavy (non-hydrogen) atoms. The third-order valence-electron chi connectivity index (χ3n) is 2.10. The van der Waals surface area contributed by atoms with Crippen LogP contribution in [0.5, 0.6) is 0 Å². The Labute approximate surface area is 104 Å². The van der Waals surface area contributed by atoms with Gasteiger partial charge in [-0.25, -0.2) is 0 Å². The molecule has 0 heterocycles. The van der Waals surface area contributed by atoms with Gasteiger partial charge in [0, 0.05) is 11.6 Å². The first-order chi connectivity index (χ1) is 8.29. The van der Waals surface area contributed by atoms with Gasteiger partial charge in [0.2, 0.25) is 0 Å². The summed E-state index contributed by atoms with van der Waals surface area (Å²) in [5.41, 5.74) is 0.875. The van der Waals surface area contributed by atoms with Gasteiger partial charge in [-0.1, -0.05) is 43.4 Å². The molecule has 0 aromatic carbocycles. The van der Waals surface area contributed by atoms with Crippen LogP contribution in [0.3, 0.4) is 0 Å². The molecule has 0 spiro atoms. The fourth-order valence-corrected chi connectivity index (χ4v) is 1.35. The fraction of sp³-hybridized carbons (Fsp3) is 0.333. The van der Waals surface area contributed by atoms with Crippen molar-refractivity contribution in [2.75, 3.05) is 0 Å². The van der Waals surface area contributed by atoms with E-state index in [1.807, 2.05) is 25.2 Å². The zero-order chi connectivity index (χ0) is 12.9. The largest absolute Gasteiger partial charge is 0.297 e. The molecular weight excluding hydrogens is 210 g/mol. The van der Waals surface area contributed by atoms with E-state index in [9.17, 15) is 4.79 Å². The standard InChI is InChI=1S/C15H21NO/c1-4-7-10-14(9-6-3)15(11-8-5-2)16-12-13-17/h5-7,9-14H,2,4,8H2,1,3H3/b9-6-,10-7?,15-11+,16-12?. The van der Waals surface area contributed by atoms with Crippen LogP contribution in [0.2, 0.25) is 0 Å². The molecule has 0 bridgehead atoms. The van der Waals surface area contributed by atoms with Crippen LogP contribution in [0, 0.1) is 5.92 Å². The molecule has 0 saturated carbocycles. The van der Waals surface area contributed by atoms with E-state index in [1.54, 1.807) is 0 Å². The van der Waals surface area contributed by atoms with E-state index in [-0.39, 0.29) is 5.92 Å². The molecule has 92 valence electrons. The number of hydrogen-bond acceptors (Lipinski definition) is 2. The summed E-state index contributed by atoms with van der Waals surface area (Å²) in [4.78, 5) is 14.5. The number of nitrogens with zero attached hydrogens (tertiary/aromatic N) is 1. The van der Waals surface area contributed by atoms with Crippen LogP contribution in [-0.4, -0.2) is 12.5 Å². The van der Waals surface area contributed by atoms with Gasteiger partial charge in [-0.3, -0.25) is 9.79 Å². The lowest BCUT2D eigenvalue weighted by molar-refractivity contribution is -0.102. The van der Waals surface area contributed by atoms with Gasteiger partial charge in [-0.2, -0.15) is 0 Å². The third kappa shape index (κ3) is 7.23. The second-order valence-electron chi connectivity index (χ2n) is 3.46. The van der Waals surface area contributed by atoms with E-state index in [1.165, 1.54) is 6.21 Å². The molecule has 0 amide bonds. The van der Waals surface area contributed by atoms with Crippen LogP contribution < -0.4 is 0 Å². The van der Waals surface area contributed by atoms with Gasteiger partial charge in [0.15, 0.2) is 6.29 Å². The molecule has 2 heteroatoms. The zero-order valence-electron chi connectivity index (χ0n) is 10.7. The Morgan fingerprint density at radius 3 is 2.71 bits per heavy atom. The summed E-state index contributed by atoms with van der Waals surface area (Å²) >= 11 is 0. The Morgan fingerprint density at radius 1 is 1.41 bits per heavy atom. The molecule has 0 saturated heterocycles. The quantitative estimate of drug-likeness (QED) is 0.354. The van der Waals surface area contributed by atoms with Gasteiger partial charge in [-0.05, 0) is 19.8 Å². The van der Waals surface area contributed by atoms with E-state index in [0.717, 1.165) is 18.5 Å². The summed E-state index contributed by atoms with van der Waals surface area (Å²) in [6.45, 7) is 7.74. The molecule has 0 rings (SSSR count). The summed E-state index contributed by atoms with van der Waals surface area (Å²) in [6, 6.07) is 0. The lowest BCUT2D eigenvalue weighted by Gasteiger charge is -2.08. The van der Waals surface area contributed by atoms with Crippen molar-refractivity contribution in [1.82, 2.24) is 0 Å². The Kier molecular flexibility index (Phi) is 9.73.